The van der Waals surface area contributed by atoms with Crippen LogP contribution in [-0.4, -0.2) is 97.0 Å². The lowest BCUT2D eigenvalue weighted by Gasteiger charge is -2.40. The van der Waals surface area contributed by atoms with Crippen molar-refractivity contribution in [2.45, 2.75) is 101 Å². The van der Waals surface area contributed by atoms with Crippen LogP contribution in [0.1, 0.15) is 99.1 Å². The van der Waals surface area contributed by atoms with Crippen molar-refractivity contribution in [1.29, 1.82) is 0 Å². The topological polar surface area (TPSA) is 181 Å². The summed E-state index contributed by atoms with van der Waals surface area (Å²) in [5, 5.41) is 21.9. The fourth-order valence-corrected chi connectivity index (χ4v) is 8.25. The van der Waals surface area contributed by atoms with Crippen molar-refractivity contribution in [3.05, 3.63) is 76.2 Å². The Morgan fingerprint density at radius 3 is 2.50 bits per heavy atom. The smallest absolute Gasteiger partial charge is 0.274 e. The molecule has 3 N–H and O–H groups in total. The summed E-state index contributed by atoms with van der Waals surface area (Å²) >= 11 is 0. The summed E-state index contributed by atoms with van der Waals surface area (Å²) in [6.07, 6.45) is 5.91. The van der Waals surface area contributed by atoms with E-state index in [9.17, 15) is 33.5 Å². The zero-order valence-electron chi connectivity index (χ0n) is 32.3. The molecule has 4 amide bonds. The lowest BCUT2D eigenvalue weighted by Crippen LogP contribution is -2.49. The van der Waals surface area contributed by atoms with Gasteiger partial charge in [-0.25, -0.2) is 13.8 Å². The van der Waals surface area contributed by atoms with E-state index < -0.39 is 46.9 Å². The summed E-state index contributed by atoms with van der Waals surface area (Å²) < 4.78 is 38.1. The van der Waals surface area contributed by atoms with Crippen LogP contribution < -0.4 is 25.8 Å². The lowest BCUT2D eigenvalue weighted by atomic mass is 9.87. The van der Waals surface area contributed by atoms with E-state index in [0.29, 0.717) is 67.7 Å². The second kappa shape index (κ2) is 15.6. The number of amides is 4. The van der Waals surface area contributed by atoms with E-state index in [-0.39, 0.29) is 73.1 Å². The number of piperidine rings is 3. The van der Waals surface area contributed by atoms with Gasteiger partial charge in [-0.3, -0.25) is 34.0 Å². The van der Waals surface area contributed by atoms with Gasteiger partial charge in [0.25, 0.3) is 11.5 Å². The Balaban J connectivity index is 0.872. The van der Waals surface area contributed by atoms with Gasteiger partial charge in [0.05, 0.1) is 47.2 Å². The second-order valence-corrected chi connectivity index (χ2v) is 16.2. The fourth-order valence-electron chi connectivity index (χ4n) is 8.25. The van der Waals surface area contributed by atoms with Gasteiger partial charge in [-0.1, -0.05) is 0 Å². The maximum Gasteiger partial charge on any atom is 0.274 e. The molecule has 8 rings (SSSR count). The van der Waals surface area contributed by atoms with Gasteiger partial charge in [-0.2, -0.15) is 5.10 Å². The van der Waals surface area contributed by atoms with Gasteiger partial charge in [0.15, 0.2) is 11.6 Å². The van der Waals surface area contributed by atoms with E-state index in [1.165, 1.54) is 29.1 Å². The number of carbonyl (C=O) groups excluding carboxylic acids is 4. The van der Waals surface area contributed by atoms with Crippen LogP contribution in [0.4, 0.5) is 20.3 Å². The molecule has 3 saturated heterocycles. The van der Waals surface area contributed by atoms with Crippen LogP contribution in [0.3, 0.4) is 0 Å². The number of rotatable bonds is 10. The maximum atomic E-state index is 15.2. The summed E-state index contributed by atoms with van der Waals surface area (Å²) in [6, 6.07) is 7.20. The molecule has 58 heavy (non-hydrogen) atoms. The second-order valence-electron chi connectivity index (χ2n) is 16.2. The van der Waals surface area contributed by atoms with E-state index in [4.69, 9.17) is 9.84 Å². The predicted octanol–water partition coefficient (Wildman–Crippen LogP) is 4.16. The van der Waals surface area contributed by atoms with Gasteiger partial charge >= 0.3 is 0 Å². The summed E-state index contributed by atoms with van der Waals surface area (Å²) in [4.78, 5) is 71.6. The van der Waals surface area contributed by atoms with Gasteiger partial charge in [-0.05, 0) is 75.8 Å². The Labute approximate surface area is 332 Å². The zero-order chi connectivity index (χ0) is 40.9. The number of hydrogen-bond donors (Lipinski definition) is 3. The molecule has 1 saturated carbocycles. The summed E-state index contributed by atoms with van der Waals surface area (Å²) in [5.74, 6) is -2.32. The number of halogens is 2. The van der Waals surface area contributed by atoms with Crippen LogP contribution in [0.25, 0.3) is 10.9 Å². The van der Waals surface area contributed by atoms with E-state index >= 15 is 4.39 Å². The van der Waals surface area contributed by atoms with Gasteiger partial charge in [0.2, 0.25) is 17.7 Å². The molecule has 17 heteroatoms. The van der Waals surface area contributed by atoms with Crippen molar-refractivity contribution in [2.24, 2.45) is 0 Å². The molecular formula is C41H46F2N8O7. The Morgan fingerprint density at radius 1 is 1.09 bits per heavy atom. The molecule has 3 aliphatic heterocycles. The molecule has 306 valence electrons. The number of nitrogens with zero attached hydrogens (tertiary/aromatic N) is 6. The largest absolute Gasteiger partial charge is 0.490 e. The number of nitrogens with one attached hydrogen (secondary N) is 2. The third kappa shape index (κ3) is 8.04. The highest BCUT2D eigenvalue weighted by Gasteiger charge is 2.40. The number of likely N-dealkylation sites (tertiary alicyclic amines) is 1. The number of benzene rings is 1. The zero-order valence-corrected chi connectivity index (χ0v) is 32.3. The first-order chi connectivity index (χ1) is 27.7. The number of anilines is 2. The Morgan fingerprint density at radius 2 is 1.83 bits per heavy atom. The number of alkyl halides is 1. The molecule has 0 bridgehead atoms. The number of aliphatic hydroxyl groups is 1. The minimum Gasteiger partial charge on any atom is -0.490 e. The summed E-state index contributed by atoms with van der Waals surface area (Å²) in [6.45, 7) is 5.19. The predicted molar refractivity (Wildman–Crippen MR) is 208 cm³/mol. The number of carbonyl (C=O) groups is 4. The summed E-state index contributed by atoms with van der Waals surface area (Å²) in [5.41, 5.74) is -0.449. The first-order valence-corrected chi connectivity index (χ1v) is 19.9. The first kappa shape index (κ1) is 39.1. The Hall–Kier alpha value is -5.71. The molecule has 3 atom stereocenters. The molecular weight excluding hydrogens is 754 g/mol. The SMILES string of the molecule is CC(C)Oc1cc2nn(C3CCN(C(=O)CC4(O)CCN(c5ncc(C6CCC(=O)NC6=O)cc5F)CC4)CC3)cc2cc1C(=O)Nc1cccn([C@H]2C[C@H]2F)c1=O. The molecule has 3 aromatic heterocycles. The minimum absolute atomic E-state index is 0.0252. The van der Waals surface area contributed by atoms with Crippen molar-refractivity contribution in [1.82, 2.24) is 29.5 Å². The van der Waals surface area contributed by atoms with Crippen LogP contribution in [0.15, 0.2) is 53.7 Å². The van der Waals surface area contributed by atoms with E-state index in [0.717, 1.165) is 0 Å². The van der Waals surface area contributed by atoms with E-state index in [1.54, 1.807) is 28.0 Å². The Bertz CT molecular complexity index is 2330. The number of pyridine rings is 2. The van der Waals surface area contributed by atoms with Gasteiger partial charge in [-0.15, -0.1) is 0 Å². The van der Waals surface area contributed by atoms with Crippen LogP contribution in [-0.2, 0) is 14.4 Å². The number of imide groups is 1. The highest BCUT2D eigenvalue weighted by Crippen LogP contribution is 2.38. The van der Waals surface area contributed by atoms with Crippen molar-refractivity contribution in [3.8, 4) is 5.75 Å². The third-order valence-corrected chi connectivity index (χ3v) is 11.6. The highest BCUT2D eigenvalue weighted by atomic mass is 19.1. The summed E-state index contributed by atoms with van der Waals surface area (Å²) in [7, 11) is 0. The molecule has 4 fully saturated rings. The molecule has 1 unspecified atom stereocenters. The van der Waals surface area contributed by atoms with Crippen molar-refractivity contribution in [2.75, 3.05) is 36.4 Å². The highest BCUT2D eigenvalue weighted by molar-refractivity contribution is 6.08. The van der Waals surface area contributed by atoms with Crippen LogP contribution >= 0.6 is 0 Å². The molecule has 15 nitrogen and oxygen atoms in total. The first-order valence-electron chi connectivity index (χ1n) is 19.9. The number of hydrogen-bond acceptors (Lipinski definition) is 10. The van der Waals surface area contributed by atoms with Crippen molar-refractivity contribution >= 4 is 46.0 Å². The quantitative estimate of drug-likeness (QED) is 0.197. The molecule has 1 aliphatic carbocycles. The molecule has 1 aromatic carbocycles. The maximum absolute atomic E-state index is 15.2. The molecule has 6 heterocycles. The van der Waals surface area contributed by atoms with Crippen LogP contribution in [0, 0.1) is 5.82 Å². The van der Waals surface area contributed by atoms with Gasteiger partial charge in [0, 0.05) is 69.1 Å². The van der Waals surface area contributed by atoms with E-state index in [1.807, 2.05) is 24.7 Å². The fraction of sp³-hybridized carbons (Fsp3) is 0.488. The molecule has 0 spiro atoms. The average molecular weight is 801 g/mol. The van der Waals surface area contributed by atoms with Crippen molar-refractivity contribution < 1.29 is 37.8 Å². The van der Waals surface area contributed by atoms with E-state index in [2.05, 4.69) is 15.6 Å². The van der Waals surface area contributed by atoms with Crippen molar-refractivity contribution in [3.63, 3.8) is 0 Å². The van der Waals surface area contributed by atoms with Crippen LogP contribution in [0.2, 0.25) is 0 Å². The number of fused-ring (bicyclic) bond motifs is 1. The van der Waals surface area contributed by atoms with Crippen LogP contribution in [0.5, 0.6) is 5.75 Å². The standard InChI is InChI=1S/C41H46F2N8O7/c1-23(2)58-34-19-32-25(16-28(34)39(55)45-31-4-3-11-50(40(31)56)33-18-29(33)42)22-51(47-32)26-7-12-48(13-8-26)36(53)20-41(57)9-14-49(15-10-41)37-30(43)17-24(21-44-37)27-5-6-35(52)46-38(27)54/h3-4,11,16-17,19,21-23,26-27,29,33,57H,5-10,12-15,18,20H2,1-2H3,(H,45,55)(H,46,52,54)/t27?,29-,33+/m1/s1. The molecule has 0 radical (unpaired) electrons. The Kier molecular flexibility index (Phi) is 10.5. The van der Waals surface area contributed by atoms with Gasteiger partial charge in [0.1, 0.15) is 17.6 Å². The third-order valence-electron chi connectivity index (χ3n) is 11.6. The number of ether oxygens (including phenoxy) is 1. The average Bonchev–Trinajstić information content (AvgIpc) is 3.76. The van der Waals surface area contributed by atoms with Gasteiger partial charge < -0.3 is 29.5 Å². The monoisotopic (exact) mass is 800 g/mol. The normalized spacial score (nSPS) is 22.3. The molecule has 4 aliphatic rings. The number of aromatic nitrogens is 4. The minimum atomic E-state index is -1.25. The lowest BCUT2D eigenvalue weighted by molar-refractivity contribution is -0.139. The molecule has 4 aromatic rings.